The van der Waals surface area contributed by atoms with Gasteiger partial charge in [-0.15, -0.1) is 0 Å². The summed E-state index contributed by atoms with van der Waals surface area (Å²) in [5, 5.41) is 0.415. The van der Waals surface area contributed by atoms with E-state index in [9.17, 15) is 0 Å². The van der Waals surface area contributed by atoms with Gasteiger partial charge in [-0.1, -0.05) is 26.2 Å². The van der Waals surface area contributed by atoms with Gasteiger partial charge in [0.2, 0.25) is 0 Å². The molecule has 52 valence electrons. The lowest BCUT2D eigenvalue weighted by atomic mass is 9.86. The van der Waals surface area contributed by atoms with Crippen LogP contribution in [0.5, 0.6) is 0 Å². The Kier molecular flexibility index (Phi) is 2.52. The molecule has 2 radical (unpaired) electrons. The summed E-state index contributed by atoms with van der Waals surface area (Å²) >= 11 is 0. The monoisotopic (exact) mass is 142 g/mol. The molecular weight excluding hydrogens is 127 g/mol. The SMILES string of the molecule is CCC1([P])CCCCC1. The molecule has 1 aliphatic carbocycles. The third kappa shape index (κ3) is 1.93. The molecule has 0 amide bonds. The van der Waals surface area contributed by atoms with Gasteiger partial charge in [0.15, 0.2) is 0 Å². The van der Waals surface area contributed by atoms with E-state index >= 15 is 0 Å². The van der Waals surface area contributed by atoms with E-state index in [1.807, 2.05) is 0 Å². The van der Waals surface area contributed by atoms with Crippen LogP contribution in [0.25, 0.3) is 0 Å². The average Bonchev–Trinajstić information content (AvgIpc) is 1.90. The van der Waals surface area contributed by atoms with Gasteiger partial charge in [0.1, 0.15) is 0 Å². The molecule has 0 atom stereocenters. The molecule has 0 saturated heterocycles. The van der Waals surface area contributed by atoms with Crippen molar-refractivity contribution < 1.29 is 0 Å². The molecule has 1 aliphatic rings. The summed E-state index contributed by atoms with van der Waals surface area (Å²) in [6.45, 7) is 2.25. The molecule has 0 spiro atoms. The van der Waals surface area contributed by atoms with Gasteiger partial charge in [-0.3, -0.25) is 0 Å². The summed E-state index contributed by atoms with van der Waals surface area (Å²) in [5.41, 5.74) is 0. The summed E-state index contributed by atoms with van der Waals surface area (Å²) in [5.74, 6) is 0. The first-order chi connectivity index (χ1) is 4.27. The second-order valence-electron chi connectivity index (χ2n) is 3.14. The molecule has 0 heterocycles. The molecule has 1 fully saturated rings. The highest BCUT2D eigenvalue weighted by atomic mass is 31.0. The van der Waals surface area contributed by atoms with Crippen LogP contribution in [-0.2, 0) is 0 Å². The second-order valence-corrected chi connectivity index (χ2v) is 4.09. The Morgan fingerprint density at radius 1 is 1.22 bits per heavy atom. The summed E-state index contributed by atoms with van der Waals surface area (Å²) in [6, 6.07) is 0. The van der Waals surface area contributed by atoms with E-state index in [2.05, 4.69) is 16.2 Å². The molecular formula is C8H15P. The van der Waals surface area contributed by atoms with Crippen LogP contribution in [-0.4, -0.2) is 5.16 Å². The predicted molar refractivity (Wildman–Crippen MR) is 43.0 cm³/mol. The molecule has 0 N–H and O–H groups in total. The van der Waals surface area contributed by atoms with Crippen molar-refractivity contribution in [2.75, 3.05) is 0 Å². The Balaban J connectivity index is 2.37. The van der Waals surface area contributed by atoms with Crippen LogP contribution >= 0.6 is 9.24 Å². The van der Waals surface area contributed by atoms with Crippen LogP contribution in [0.15, 0.2) is 0 Å². The Morgan fingerprint density at radius 2 is 1.78 bits per heavy atom. The van der Waals surface area contributed by atoms with Crippen molar-refractivity contribution in [3.8, 4) is 0 Å². The molecule has 0 nitrogen and oxygen atoms in total. The minimum atomic E-state index is 0.415. The highest BCUT2D eigenvalue weighted by Gasteiger charge is 2.25. The number of hydrogen-bond donors (Lipinski definition) is 0. The number of hydrogen-bond acceptors (Lipinski definition) is 0. The standard InChI is InChI=1S/C8H15P/c1-2-8(9)6-4-3-5-7-8/h2-7H2,1H3. The Bertz CT molecular complexity index is 82.6. The van der Waals surface area contributed by atoms with Gasteiger partial charge in [-0.2, -0.15) is 0 Å². The zero-order chi connectivity index (χ0) is 6.74. The second kappa shape index (κ2) is 3.01. The van der Waals surface area contributed by atoms with E-state index in [0.29, 0.717) is 5.16 Å². The first-order valence-corrected chi connectivity index (χ1v) is 4.44. The van der Waals surface area contributed by atoms with Crippen LogP contribution in [0.4, 0.5) is 0 Å². The van der Waals surface area contributed by atoms with Crippen molar-refractivity contribution in [1.82, 2.24) is 0 Å². The van der Waals surface area contributed by atoms with E-state index in [1.54, 1.807) is 0 Å². The van der Waals surface area contributed by atoms with Gasteiger partial charge in [0.25, 0.3) is 0 Å². The van der Waals surface area contributed by atoms with Crippen LogP contribution in [0.3, 0.4) is 0 Å². The third-order valence-corrected chi connectivity index (χ3v) is 3.21. The van der Waals surface area contributed by atoms with Crippen molar-refractivity contribution in [2.45, 2.75) is 50.6 Å². The first-order valence-electron chi connectivity index (χ1n) is 3.99. The summed E-state index contributed by atoms with van der Waals surface area (Å²) < 4.78 is 0. The van der Waals surface area contributed by atoms with E-state index in [-0.39, 0.29) is 0 Å². The fraction of sp³-hybridized carbons (Fsp3) is 1.00. The summed E-state index contributed by atoms with van der Waals surface area (Å²) in [7, 11) is 4.65. The number of rotatable bonds is 1. The zero-order valence-electron chi connectivity index (χ0n) is 6.19. The van der Waals surface area contributed by atoms with Crippen molar-refractivity contribution in [1.29, 1.82) is 0 Å². The fourth-order valence-corrected chi connectivity index (χ4v) is 1.88. The predicted octanol–water partition coefficient (Wildman–Crippen LogP) is 3.51. The molecule has 0 aromatic carbocycles. The van der Waals surface area contributed by atoms with Crippen LogP contribution < -0.4 is 0 Å². The lowest BCUT2D eigenvalue weighted by Gasteiger charge is -2.30. The van der Waals surface area contributed by atoms with E-state index in [4.69, 9.17) is 0 Å². The van der Waals surface area contributed by atoms with Crippen molar-refractivity contribution >= 4 is 9.24 Å². The molecule has 1 saturated carbocycles. The molecule has 0 unspecified atom stereocenters. The topological polar surface area (TPSA) is 0 Å². The largest absolute Gasteiger partial charge is 0.0645 e. The maximum absolute atomic E-state index is 4.65. The minimum Gasteiger partial charge on any atom is -0.0645 e. The summed E-state index contributed by atoms with van der Waals surface area (Å²) in [4.78, 5) is 0. The van der Waals surface area contributed by atoms with E-state index < -0.39 is 0 Å². The third-order valence-electron chi connectivity index (χ3n) is 2.44. The maximum atomic E-state index is 4.65. The summed E-state index contributed by atoms with van der Waals surface area (Å²) in [6.07, 6.45) is 8.16. The van der Waals surface area contributed by atoms with Crippen LogP contribution in [0.2, 0.25) is 0 Å². The molecule has 1 rings (SSSR count). The highest BCUT2D eigenvalue weighted by molar-refractivity contribution is 7.19. The maximum Gasteiger partial charge on any atom is -0.00133 e. The lowest BCUT2D eigenvalue weighted by Crippen LogP contribution is -2.22. The van der Waals surface area contributed by atoms with Gasteiger partial charge in [0, 0.05) is 0 Å². The van der Waals surface area contributed by atoms with Gasteiger partial charge in [-0.25, -0.2) is 0 Å². The van der Waals surface area contributed by atoms with Crippen LogP contribution in [0.1, 0.15) is 45.4 Å². The average molecular weight is 142 g/mol. The quantitative estimate of drug-likeness (QED) is 0.491. The first kappa shape index (κ1) is 7.54. The van der Waals surface area contributed by atoms with Gasteiger partial charge in [0.05, 0.1) is 0 Å². The Morgan fingerprint density at radius 3 is 2.11 bits per heavy atom. The normalized spacial score (nSPS) is 26.0. The van der Waals surface area contributed by atoms with Crippen molar-refractivity contribution in [2.24, 2.45) is 0 Å². The van der Waals surface area contributed by atoms with E-state index in [0.717, 1.165) is 0 Å². The van der Waals surface area contributed by atoms with Crippen LogP contribution in [0, 0.1) is 0 Å². The van der Waals surface area contributed by atoms with Gasteiger partial charge in [-0.05, 0) is 33.7 Å². The van der Waals surface area contributed by atoms with Crippen molar-refractivity contribution in [3.63, 3.8) is 0 Å². The van der Waals surface area contributed by atoms with Crippen molar-refractivity contribution in [3.05, 3.63) is 0 Å². The Hall–Kier alpha value is 0.430. The molecule has 9 heavy (non-hydrogen) atoms. The zero-order valence-corrected chi connectivity index (χ0v) is 7.08. The minimum absolute atomic E-state index is 0.415. The lowest BCUT2D eigenvalue weighted by molar-refractivity contribution is 0.388. The highest BCUT2D eigenvalue weighted by Crippen LogP contribution is 2.38. The van der Waals surface area contributed by atoms with E-state index in [1.165, 1.54) is 38.5 Å². The molecule has 0 aromatic rings. The Labute approximate surface area is 60.6 Å². The fourth-order valence-electron chi connectivity index (χ4n) is 1.56. The molecule has 0 aromatic heterocycles. The molecule has 0 bridgehead atoms. The van der Waals surface area contributed by atoms with Gasteiger partial charge >= 0.3 is 0 Å². The smallest absolute Gasteiger partial charge is 0.00133 e. The molecule has 1 heteroatoms. The molecule has 0 aliphatic heterocycles. The van der Waals surface area contributed by atoms with Gasteiger partial charge < -0.3 is 0 Å².